The minimum Gasteiger partial charge on any atom is -0.504 e. The number of ether oxygens (including phenoxy) is 1. The van der Waals surface area contributed by atoms with Gasteiger partial charge in [0.15, 0.2) is 11.5 Å². The largest absolute Gasteiger partial charge is 0.504 e. The van der Waals surface area contributed by atoms with E-state index in [1.54, 1.807) is 0 Å². The van der Waals surface area contributed by atoms with Crippen LogP contribution in [0.15, 0.2) is 42.5 Å². The minimum absolute atomic E-state index is 0.174. The second-order valence-electron chi connectivity index (χ2n) is 4.21. The first-order chi connectivity index (χ1) is 9.08. The average molecular weight is 258 g/mol. The highest BCUT2D eigenvalue weighted by molar-refractivity contribution is 5.90. The molecule has 98 valence electrons. The summed E-state index contributed by atoms with van der Waals surface area (Å²) in [6.07, 6.45) is 0. The van der Waals surface area contributed by atoms with E-state index < -0.39 is 5.97 Å². The molecule has 4 nitrogen and oxygen atoms in total. The molecule has 2 N–H and O–H groups in total. The molecule has 0 saturated heterocycles. The molecule has 4 heteroatoms. The fourth-order valence-corrected chi connectivity index (χ4v) is 1.65. The molecule has 0 aliphatic carbocycles. The number of aryl methyl sites for hydroxylation is 1. The molecule has 0 aliphatic rings. The van der Waals surface area contributed by atoms with Gasteiger partial charge in [-0.15, -0.1) is 0 Å². The normalized spacial score (nSPS) is 10.2. The Labute approximate surface area is 110 Å². The van der Waals surface area contributed by atoms with Gasteiger partial charge in [-0.3, -0.25) is 0 Å². The number of phenolic OH excluding ortho intramolecular Hbond substituents is 2. The number of hydrogen-bond donors (Lipinski definition) is 2. The zero-order chi connectivity index (χ0) is 13.8. The van der Waals surface area contributed by atoms with E-state index in [0.717, 1.165) is 11.1 Å². The van der Waals surface area contributed by atoms with Gasteiger partial charge in [0, 0.05) is 0 Å². The molecule has 0 aromatic heterocycles. The van der Waals surface area contributed by atoms with Crippen LogP contribution in [0.25, 0.3) is 0 Å². The van der Waals surface area contributed by atoms with Gasteiger partial charge in [0.05, 0.1) is 5.56 Å². The molecule has 19 heavy (non-hydrogen) atoms. The summed E-state index contributed by atoms with van der Waals surface area (Å²) in [5.41, 5.74) is 2.17. The maximum atomic E-state index is 11.8. The van der Waals surface area contributed by atoms with Gasteiger partial charge >= 0.3 is 5.97 Å². The van der Waals surface area contributed by atoms with Crippen molar-refractivity contribution in [3.63, 3.8) is 0 Å². The lowest BCUT2D eigenvalue weighted by Gasteiger charge is -2.08. The third kappa shape index (κ3) is 3.04. The van der Waals surface area contributed by atoms with Gasteiger partial charge < -0.3 is 14.9 Å². The van der Waals surface area contributed by atoms with Crippen molar-refractivity contribution in [1.29, 1.82) is 0 Å². The van der Waals surface area contributed by atoms with E-state index in [0.29, 0.717) is 0 Å². The summed E-state index contributed by atoms with van der Waals surface area (Å²) in [6, 6.07) is 11.4. The van der Waals surface area contributed by atoms with Crippen LogP contribution >= 0.6 is 0 Å². The second-order valence-corrected chi connectivity index (χ2v) is 4.21. The topological polar surface area (TPSA) is 66.8 Å². The Kier molecular flexibility index (Phi) is 3.71. The Morgan fingerprint density at radius 2 is 1.84 bits per heavy atom. The van der Waals surface area contributed by atoms with E-state index in [2.05, 4.69) is 0 Å². The predicted octanol–water partition coefficient (Wildman–Crippen LogP) is 2.76. The highest BCUT2D eigenvalue weighted by Crippen LogP contribution is 2.25. The molecule has 0 saturated carbocycles. The van der Waals surface area contributed by atoms with E-state index in [9.17, 15) is 9.90 Å². The van der Waals surface area contributed by atoms with E-state index >= 15 is 0 Å². The SMILES string of the molecule is Cc1ccccc1COC(=O)c1ccc(O)c(O)c1. The van der Waals surface area contributed by atoms with Gasteiger partial charge in [0.25, 0.3) is 0 Å². The number of rotatable bonds is 3. The van der Waals surface area contributed by atoms with Crippen molar-refractivity contribution in [3.8, 4) is 11.5 Å². The number of aromatic hydroxyl groups is 2. The Hall–Kier alpha value is -2.49. The van der Waals surface area contributed by atoms with Crippen LogP contribution in [0.1, 0.15) is 21.5 Å². The minimum atomic E-state index is -0.543. The lowest BCUT2D eigenvalue weighted by Crippen LogP contribution is -2.05. The van der Waals surface area contributed by atoms with Crippen LogP contribution in [0.5, 0.6) is 11.5 Å². The summed E-state index contributed by atoms with van der Waals surface area (Å²) in [4.78, 5) is 11.8. The van der Waals surface area contributed by atoms with E-state index in [4.69, 9.17) is 9.84 Å². The first-order valence-corrected chi connectivity index (χ1v) is 5.81. The first kappa shape index (κ1) is 13.0. The summed E-state index contributed by atoms with van der Waals surface area (Å²) in [7, 11) is 0. The quantitative estimate of drug-likeness (QED) is 0.656. The maximum Gasteiger partial charge on any atom is 0.338 e. The van der Waals surface area contributed by atoms with E-state index in [1.807, 2.05) is 31.2 Å². The van der Waals surface area contributed by atoms with Crippen molar-refractivity contribution < 1.29 is 19.7 Å². The van der Waals surface area contributed by atoms with Crippen molar-refractivity contribution in [1.82, 2.24) is 0 Å². The molecule has 2 aromatic rings. The predicted molar refractivity (Wildman–Crippen MR) is 70.1 cm³/mol. The second kappa shape index (κ2) is 5.44. The third-order valence-electron chi connectivity index (χ3n) is 2.83. The summed E-state index contributed by atoms with van der Waals surface area (Å²) < 4.78 is 5.16. The van der Waals surface area contributed by atoms with Crippen molar-refractivity contribution in [3.05, 3.63) is 59.2 Å². The number of carbonyl (C=O) groups excluding carboxylic acids is 1. The molecule has 0 spiro atoms. The van der Waals surface area contributed by atoms with Crippen molar-refractivity contribution in [2.24, 2.45) is 0 Å². The molecule has 0 amide bonds. The smallest absolute Gasteiger partial charge is 0.338 e. The van der Waals surface area contributed by atoms with Crippen molar-refractivity contribution in [2.45, 2.75) is 13.5 Å². The van der Waals surface area contributed by atoms with E-state index in [1.165, 1.54) is 18.2 Å². The van der Waals surface area contributed by atoms with Crippen LogP contribution in [0.3, 0.4) is 0 Å². The Morgan fingerprint density at radius 3 is 2.53 bits per heavy atom. The molecule has 0 bridgehead atoms. The van der Waals surface area contributed by atoms with Crippen LogP contribution in [-0.4, -0.2) is 16.2 Å². The number of hydrogen-bond acceptors (Lipinski definition) is 4. The van der Waals surface area contributed by atoms with Crippen LogP contribution < -0.4 is 0 Å². The average Bonchev–Trinajstić information content (AvgIpc) is 2.40. The zero-order valence-corrected chi connectivity index (χ0v) is 10.5. The molecule has 2 aromatic carbocycles. The van der Waals surface area contributed by atoms with Gasteiger partial charge in [-0.05, 0) is 36.2 Å². The number of benzene rings is 2. The highest BCUT2D eigenvalue weighted by Gasteiger charge is 2.10. The lowest BCUT2D eigenvalue weighted by molar-refractivity contribution is 0.0471. The fraction of sp³-hybridized carbons (Fsp3) is 0.133. The van der Waals surface area contributed by atoms with Gasteiger partial charge in [-0.25, -0.2) is 4.79 Å². The Balaban J connectivity index is 2.05. The number of esters is 1. The maximum absolute atomic E-state index is 11.8. The highest BCUT2D eigenvalue weighted by atomic mass is 16.5. The Morgan fingerprint density at radius 1 is 1.11 bits per heavy atom. The van der Waals surface area contributed by atoms with Gasteiger partial charge in [0.2, 0.25) is 0 Å². The van der Waals surface area contributed by atoms with Crippen LogP contribution in [-0.2, 0) is 11.3 Å². The molecule has 0 aliphatic heterocycles. The summed E-state index contributed by atoms with van der Waals surface area (Å²) >= 11 is 0. The molecule has 0 fully saturated rings. The van der Waals surface area contributed by atoms with Gasteiger partial charge in [0.1, 0.15) is 6.61 Å². The van der Waals surface area contributed by atoms with E-state index in [-0.39, 0.29) is 23.7 Å². The summed E-state index contributed by atoms with van der Waals surface area (Å²) in [5, 5.41) is 18.5. The summed E-state index contributed by atoms with van der Waals surface area (Å²) in [5.74, 6) is -1.15. The van der Waals surface area contributed by atoms with Crippen LogP contribution in [0.2, 0.25) is 0 Å². The van der Waals surface area contributed by atoms with Gasteiger partial charge in [-0.1, -0.05) is 24.3 Å². The monoisotopic (exact) mass is 258 g/mol. The summed E-state index contributed by atoms with van der Waals surface area (Å²) in [6.45, 7) is 2.11. The molecule has 0 atom stereocenters. The van der Waals surface area contributed by atoms with Crippen molar-refractivity contribution >= 4 is 5.97 Å². The molecule has 0 heterocycles. The van der Waals surface area contributed by atoms with Crippen LogP contribution in [0.4, 0.5) is 0 Å². The number of carbonyl (C=O) groups is 1. The third-order valence-corrected chi connectivity index (χ3v) is 2.83. The molecule has 0 unspecified atom stereocenters. The standard InChI is InChI=1S/C15H14O4/c1-10-4-2-3-5-12(10)9-19-15(18)11-6-7-13(16)14(17)8-11/h2-8,16-17H,9H2,1H3. The Bertz CT molecular complexity index is 605. The van der Waals surface area contributed by atoms with Crippen LogP contribution in [0, 0.1) is 6.92 Å². The van der Waals surface area contributed by atoms with Gasteiger partial charge in [-0.2, -0.15) is 0 Å². The lowest BCUT2D eigenvalue weighted by atomic mass is 10.1. The zero-order valence-electron chi connectivity index (χ0n) is 10.5. The fourth-order valence-electron chi connectivity index (χ4n) is 1.65. The van der Waals surface area contributed by atoms with Crippen molar-refractivity contribution in [2.75, 3.05) is 0 Å². The molecular formula is C15H14O4. The molecular weight excluding hydrogens is 244 g/mol. The molecule has 2 rings (SSSR count). The molecule has 0 radical (unpaired) electrons. The number of phenols is 2. The first-order valence-electron chi connectivity index (χ1n) is 5.81.